The van der Waals surface area contributed by atoms with Crippen molar-refractivity contribution >= 4 is 11.8 Å². The molecule has 0 radical (unpaired) electrons. The molecule has 0 spiro atoms. The molecule has 39 heavy (non-hydrogen) atoms. The number of nitrogens with one attached hydrogen (secondary N) is 1. The summed E-state index contributed by atoms with van der Waals surface area (Å²) in [6, 6.07) is 1.63. The van der Waals surface area contributed by atoms with Crippen LogP contribution in [0.1, 0.15) is 100 Å². The molecule has 2 saturated carbocycles. The van der Waals surface area contributed by atoms with Crippen LogP contribution < -0.4 is 10.9 Å². The predicted molar refractivity (Wildman–Crippen MR) is 152 cm³/mol. The number of piperazine rings is 1. The molecule has 2 aliphatic heterocycles. The van der Waals surface area contributed by atoms with Gasteiger partial charge < -0.3 is 24.8 Å². The van der Waals surface area contributed by atoms with E-state index in [1.807, 2.05) is 23.6 Å². The molecule has 8 heteroatoms. The van der Waals surface area contributed by atoms with E-state index in [-0.39, 0.29) is 35.8 Å². The summed E-state index contributed by atoms with van der Waals surface area (Å²) in [5.41, 5.74) is -0.486. The van der Waals surface area contributed by atoms with Crippen LogP contribution in [0.3, 0.4) is 0 Å². The minimum absolute atomic E-state index is 0.00811. The van der Waals surface area contributed by atoms with Crippen LogP contribution in [0.15, 0.2) is 17.1 Å². The zero-order valence-corrected chi connectivity index (χ0v) is 24.2. The zero-order chi connectivity index (χ0) is 27.8. The molecule has 2 amide bonds. The topological polar surface area (TPSA) is 94.9 Å². The van der Waals surface area contributed by atoms with E-state index in [1.54, 1.807) is 16.8 Å². The standard InChI is InChI=1S/C31H48N4O4/c1-22(17-23-7-5-4-6-8-23)28(37)34-14-11-31(39,30(2,3)20-34)21-35-19-26(25(18-27(35)36)24-9-10-24)29(38)33-15-12-32-13-16-33/h18-19,22-24,32,39H,4-17,20-21H2,1-3H3. The largest absolute Gasteiger partial charge is 0.387 e. The summed E-state index contributed by atoms with van der Waals surface area (Å²) in [6.07, 6.45) is 11.4. The molecule has 2 atom stereocenters. The number of aromatic nitrogens is 1. The molecule has 3 heterocycles. The molecule has 2 N–H and O–H groups in total. The minimum Gasteiger partial charge on any atom is -0.387 e. The molecule has 0 bridgehead atoms. The third-order valence-corrected chi connectivity index (χ3v) is 10.0. The number of amides is 2. The van der Waals surface area contributed by atoms with Crippen LogP contribution in [0.5, 0.6) is 0 Å². The first-order chi connectivity index (χ1) is 18.6. The van der Waals surface area contributed by atoms with Gasteiger partial charge in [0.05, 0.1) is 17.7 Å². The Balaban J connectivity index is 1.31. The van der Waals surface area contributed by atoms with Crippen LogP contribution in [0.4, 0.5) is 0 Å². The number of piperidine rings is 1. The van der Waals surface area contributed by atoms with E-state index >= 15 is 0 Å². The third-order valence-electron chi connectivity index (χ3n) is 10.0. The molecule has 5 rings (SSSR count). The molecule has 2 unspecified atom stereocenters. The highest BCUT2D eigenvalue weighted by molar-refractivity contribution is 5.95. The highest BCUT2D eigenvalue weighted by Crippen LogP contribution is 2.43. The number of aliphatic hydroxyl groups is 1. The summed E-state index contributed by atoms with van der Waals surface area (Å²) in [6.45, 7) is 9.95. The molecule has 4 fully saturated rings. The Morgan fingerprint density at radius 3 is 2.38 bits per heavy atom. The first-order valence-electron chi connectivity index (χ1n) is 15.3. The van der Waals surface area contributed by atoms with Gasteiger partial charge in [0.2, 0.25) is 5.91 Å². The quantitative estimate of drug-likeness (QED) is 0.553. The smallest absolute Gasteiger partial charge is 0.255 e. The van der Waals surface area contributed by atoms with Crippen molar-refractivity contribution in [2.45, 2.75) is 96.6 Å². The van der Waals surface area contributed by atoms with Crippen LogP contribution in [0.25, 0.3) is 0 Å². The fourth-order valence-electron chi connectivity index (χ4n) is 7.12. The second-order valence-electron chi connectivity index (χ2n) is 13.5. The van der Waals surface area contributed by atoms with E-state index < -0.39 is 11.0 Å². The summed E-state index contributed by atoms with van der Waals surface area (Å²) in [5, 5.41) is 15.2. The van der Waals surface area contributed by atoms with Crippen molar-refractivity contribution in [3.63, 3.8) is 0 Å². The van der Waals surface area contributed by atoms with Crippen molar-refractivity contribution in [3.05, 3.63) is 33.7 Å². The molecule has 216 valence electrons. The first kappa shape index (κ1) is 28.3. The summed E-state index contributed by atoms with van der Waals surface area (Å²) in [7, 11) is 0. The lowest BCUT2D eigenvalue weighted by atomic mass is 9.69. The Kier molecular flexibility index (Phi) is 8.25. The fraction of sp³-hybridized carbons (Fsp3) is 0.774. The van der Waals surface area contributed by atoms with Gasteiger partial charge in [0.1, 0.15) is 0 Å². The van der Waals surface area contributed by atoms with E-state index in [2.05, 4.69) is 12.2 Å². The molecule has 0 aromatic carbocycles. The average Bonchev–Trinajstić information content (AvgIpc) is 3.77. The number of pyridine rings is 1. The van der Waals surface area contributed by atoms with Crippen LogP contribution in [0.2, 0.25) is 0 Å². The lowest BCUT2D eigenvalue weighted by Gasteiger charge is -2.51. The summed E-state index contributed by atoms with van der Waals surface area (Å²) < 4.78 is 1.55. The normalized spacial score (nSPS) is 26.9. The van der Waals surface area contributed by atoms with Crippen molar-refractivity contribution < 1.29 is 14.7 Å². The van der Waals surface area contributed by atoms with Gasteiger partial charge in [-0.2, -0.15) is 0 Å². The number of nitrogens with zero attached hydrogens (tertiary/aromatic N) is 3. The van der Waals surface area contributed by atoms with Gasteiger partial charge in [0, 0.05) is 62.9 Å². The second kappa shape index (κ2) is 11.4. The molecule has 8 nitrogen and oxygen atoms in total. The van der Waals surface area contributed by atoms with Gasteiger partial charge in [0.15, 0.2) is 0 Å². The van der Waals surface area contributed by atoms with Crippen LogP contribution in [-0.2, 0) is 11.3 Å². The van der Waals surface area contributed by atoms with E-state index in [0.29, 0.717) is 44.1 Å². The number of rotatable bonds is 7. The third kappa shape index (κ3) is 6.12. The van der Waals surface area contributed by atoms with Crippen molar-refractivity contribution in [3.8, 4) is 0 Å². The van der Waals surface area contributed by atoms with Gasteiger partial charge in [-0.1, -0.05) is 52.9 Å². The average molecular weight is 541 g/mol. The predicted octanol–water partition coefficient (Wildman–Crippen LogP) is 3.37. The Labute approximate surface area is 233 Å². The van der Waals surface area contributed by atoms with Gasteiger partial charge in [-0.3, -0.25) is 14.4 Å². The summed E-state index contributed by atoms with van der Waals surface area (Å²) in [5.74, 6) is 1.08. The van der Waals surface area contributed by atoms with Crippen molar-refractivity contribution in [2.24, 2.45) is 17.3 Å². The fourth-order valence-corrected chi connectivity index (χ4v) is 7.12. The molecule has 2 saturated heterocycles. The molecular weight excluding hydrogens is 492 g/mol. The molecular formula is C31H48N4O4. The maximum absolute atomic E-state index is 13.5. The second-order valence-corrected chi connectivity index (χ2v) is 13.5. The Bertz CT molecular complexity index is 1110. The van der Waals surface area contributed by atoms with Crippen LogP contribution in [0, 0.1) is 17.3 Å². The van der Waals surface area contributed by atoms with E-state index in [4.69, 9.17) is 0 Å². The van der Waals surface area contributed by atoms with Gasteiger partial charge in [0.25, 0.3) is 11.5 Å². The van der Waals surface area contributed by atoms with Crippen molar-refractivity contribution in [2.75, 3.05) is 39.3 Å². The first-order valence-corrected chi connectivity index (χ1v) is 15.3. The van der Waals surface area contributed by atoms with E-state index in [1.165, 1.54) is 32.1 Å². The van der Waals surface area contributed by atoms with Gasteiger partial charge in [-0.05, 0) is 43.1 Å². The Morgan fingerprint density at radius 1 is 1.05 bits per heavy atom. The van der Waals surface area contributed by atoms with Crippen molar-refractivity contribution in [1.29, 1.82) is 0 Å². The lowest BCUT2D eigenvalue weighted by Crippen LogP contribution is -2.61. The SMILES string of the molecule is CC(CC1CCCCC1)C(=O)N1CCC(O)(Cn2cc(C(=O)N3CCNCC3)c(C3CC3)cc2=O)C(C)(C)C1. The monoisotopic (exact) mass is 540 g/mol. The number of hydrogen-bond acceptors (Lipinski definition) is 5. The van der Waals surface area contributed by atoms with E-state index in [0.717, 1.165) is 37.9 Å². The number of carbonyl (C=O) groups is 2. The number of carbonyl (C=O) groups excluding carboxylic acids is 2. The Hall–Kier alpha value is -2.19. The number of likely N-dealkylation sites (tertiary alicyclic amines) is 1. The van der Waals surface area contributed by atoms with Crippen molar-refractivity contribution in [1.82, 2.24) is 19.7 Å². The maximum Gasteiger partial charge on any atom is 0.255 e. The minimum atomic E-state index is -1.17. The molecule has 2 aliphatic carbocycles. The molecule has 1 aromatic rings. The number of hydrogen-bond donors (Lipinski definition) is 2. The summed E-state index contributed by atoms with van der Waals surface area (Å²) in [4.78, 5) is 44.0. The van der Waals surface area contributed by atoms with Gasteiger partial charge in [-0.15, -0.1) is 0 Å². The van der Waals surface area contributed by atoms with Crippen LogP contribution in [-0.4, -0.2) is 76.2 Å². The highest BCUT2D eigenvalue weighted by atomic mass is 16.3. The summed E-state index contributed by atoms with van der Waals surface area (Å²) >= 11 is 0. The van der Waals surface area contributed by atoms with Crippen LogP contribution >= 0.6 is 0 Å². The molecule has 1 aromatic heterocycles. The van der Waals surface area contributed by atoms with Gasteiger partial charge >= 0.3 is 0 Å². The van der Waals surface area contributed by atoms with E-state index in [9.17, 15) is 19.5 Å². The maximum atomic E-state index is 13.5. The lowest BCUT2D eigenvalue weighted by molar-refractivity contribution is -0.157. The Morgan fingerprint density at radius 2 is 1.74 bits per heavy atom. The highest BCUT2D eigenvalue weighted by Gasteiger charge is 2.49. The molecule has 4 aliphatic rings. The van der Waals surface area contributed by atoms with Gasteiger partial charge in [-0.25, -0.2) is 0 Å². The zero-order valence-electron chi connectivity index (χ0n) is 24.2.